The van der Waals surface area contributed by atoms with E-state index < -0.39 is 17.8 Å². The van der Waals surface area contributed by atoms with Gasteiger partial charge in [0, 0.05) is 44.6 Å². The van der Waals surface area contributed by atoms with Crippen LogP contribution in [0.1, 0.15) is 30.0 Å². The van der Waals surface area contributed by atoms with E-state index in [4.69, 9.17) is 4.74 Å². The van der Waals surface area contributed by atoms with Gasteiger partial charge < -0.3 is 20.3 Å². The molecule has 0 saturated heterocycles. The Balaban J connectivity index is 1.85. The van der Waals surface area contributed by atoms with E-state index >= 15 is 0 Å². The zero-order valence-electron chi connectivity index (χ0n) is 19.3. The SMILES string of the molecule is COCCNC(=O)[C@H](c1ccc(F)cc1)N(Cc1ccccc1)C(=O)CCC(=O)Nc1nccs1. The number of halogens is 1. The summed E-state index contributed by atoms with van der Waals surface area (Å²) in [5.41, 5.74) is 1.27. The molecule has 2 aromatic carbocycles. The van der Waals surface area contributed by atoms with Crippen molar-refractivity contribution in [2.45, 2.75) is 25.4 Å². The predicted octanol–water partition coefficient (Wildman–Crippen LogP) is 3.53. The summed E-state index contributed by atoms with van der Waals surface area (Å²) < 4.78 is 18.6. The van der Waals surface area contributed by atoms with Crippen LogP contribution in [0.2, 0.25) is 0 Å². The van der Waals surface area contributed by atoms with Gasteiger partial charge in [0.1, 0.15) is 11.9 Å². The average Bonchev–Trinajstić information content (AvgIpc) is 3.37. The Morgan fingerprint density at radius 1 is 1.09 bits per heavy atom. The van der Waals surface area contributed by atoms with E-state index in [9.17, 15) is 18.8 Å². The lowest BCUT2D eigenvalue weighted by Gasteiger charge is -2.31. The highest BCUT2D eigenvalue weighted by Gasteiger charge is 2.31. The summed E-state index contributed by atoms with van der Waals surface area (Å²) in [6.45, 7) is 0.676. The van der Waals surface area contributed by atoms with Gasteiger partial charge in [0.25, 0.3) is 0 Å². The van der Waals surface area contributed by atoms with Gasteiger partial charge in [-0.1, -0.05) is 42.5 Å². The van der Waals surface area contributed by atoms with Crippen molar-refractivity contribution in [3.63, 3.8) is 0 Å². The highest BCUT2D eigenvalue weighted by Crippen LogP contribution is 2.25. The number of methoxy groups -OCH3 is 1. The highest BCUT2D eigenvalue weighted by atomic mass is 32.1. The van der Waals surface area contributed by atoms with Crippen LogP contribution in [-0.4, -0.2) is 47.9 Å². The lowest BCUT2D eigenvalue weighted by molar-refractivity contribution is -0.142. The number of hydrogen-bond acceptors (Lipinski definition) is 6. The van der Waals surface area contributed by atoms with Crippen LogP contribution in [-0.2, 0) is 25.7 Å². The van der Waals surface area contributed by atoms with Crippen LogP contribution in [0.5, 0.6) is 0 Å². The normalized spacial score (nSPS) is 11.5. The molecule has 2 N–H and O–H groups in total. The largest absolute Gasteiger partial charge is 0.383 e. The molecule has 35 heavy (non-hydrogen) atoms. The Bertz CT molecular complexity index is 1090. The fourth-order valence-corrected chi connectivity index (χ4v) is 3.97. The topological polar surface area (TPSA) is 101 Å². The highest BCUT2D eigenvalue weighted by molar-refractivity contribution is 7.13. The predicted molar refractivity (Wildman–Crippen MR) is 131 cm³/mol. The number of benzene rings is 2. The van der Waals surface area contributed by atoms with Gasteiger partial charge in [-0.25, -0.2) is 9.37 Å². The number of carbonyl (C=O) groups is 3. The Hall–Kier alpha value is -3.63. The van der Waals surface area contributed by atoms with Crippen LogP contribution in [0.4, 0.5) is 9.52 Å². The minimum atomic E-state index is -1.03. The maximum atomic E-state index is 13.6. The smallest absolute Gasteiger partial charge is 0.247 e. The van der Waals surface area contributed by atoms with Gasteiger partial charge in [-0.3, -0.25) is 14.4 Å². The molecule has 0 aliphatic heterocycles. The Morgan fingerprint density at radius 2 is 1.83 bits per heavy atom. The van der Waals surface area contributed by atoms with Crippen molar-refractivity contribution in [1.29, 1.82) is 0 Å². The molecule has 0 spiro atoms. The molecule has 1 heterocycles. The molecule has 3 amide bonds. The molecule has 0 bridgehead atoms. The van der Waals surface area contributed by atoms with E-state index in [2.05, 4.69) is 15.6 Å². The first kappa shape index (κ1) is 26.0. The summed E-state index contributed by atoms with van der Waals surface area (Å²) in [5.74, 6) is -1.62. The molecule has 0 saturated carbocycles. The summed E-state index contributed by atoms with van der Waals surface area (Å²) in [6, 6.07) is 13.7. The molecule has 1 aromatic heterocycles. The number of hydrogen-bond donors (Lipinski definition) is 2. The van der Waals surface area contributed by atoms with Crippen LogP contribution >= 0.6 is 11.3 Å². The van der Waals surface area contributed by atoms with Crippen LogP contribution in [0.3, 0.4) is 0 Å². The first-order valence-electron chi connectivity index (χ1n) is 11.0. The molecule has 3 aromatic rings. The Kier molecular flexibility index (Phi) is 9.88. The van der Waals surface area contributed by atoms with E-state index in [0.29, 0.717) is 17.3 Å². The maximum absolute atomic E-state index is 13.6. The van der Waals surface area contributed by atoms with Crippen molar-refractivity contribution in [2.75, 3.05) is 25.6 Å². The van der Waals surface area contributed by atoms with E-state index in [-0.39, 0.29) is 37.7 Å². The van der Waals surface area contributed by atoms with Crippen molar-refractivity contribution in [1.82, 2.24) is 15.2 Å². The Labute approximate surface area is 207 Å². The fourth-order valence-electron chi connectivity index (χ4n) is 3.43. The fraction of sp³-hybridized carbons (Fsp3) is 0.280. The van der Waals surface area contributed by atoms with Gasteiger partial charge in [-0.15, -0.1) is 11.3 Å². The molecule has 0 radical (unpaired) electrons. The molecule has 0 aliphatic rings. The maximum Gasteiger partial charge on any atom is 0.247 e. The van der Waals surface area contributed by atoms with E-state index in [1.165, 1.54) is 47.6 Å². The van der Waals surface area contributed by atoms with E-state index in [1.807, 2.05) is 30.3 Å². The molecule has 0 aliphatic carbocycles. The summed E-state index contributed by atoms with van der Waals surface area (Å²) in [7, 11) is 1.52. The van der Waals surface area contributed by atoms with E-state index in [0.717, 1.165) is 5.56 Å². The summed E-state index contributed by atoms with van der Waals surface area (Å²) in [6.07, 6.45) is 1.38. The molecule has 1 atom stereocenters. The number of ether oxygens (including phenoxy) is 1. The first-order chi connectivity index (χ1) is 17.0. The quantitative estimate of drug-likeness (QED) is 0.372. The number of thiazole rings is 1. The number of amides is 3. The van der Waals surface area contributed by atoms with Crippen molar-refractivity contribution in [2.24, 2.45) is 0 Å². The second kappa shape index (κ2) is 13.3. The first-order valence-corrected chi connectivity index (χ1v) is 11.9. The lowest BCUT2D eigenvalue weighted by atomic mass is 10.0. The summed E-state index contributed by atoms with van der Waals surface area (Å²) >= 11 is 1.28. The third-order valence-corrected chi connectivity index (χ3v) is 5.80. The van der Waals surface area contributed by atoms with Gasteiger partial charge in [0.15, 0.2) is 5.13 Å². The van der Waals surface area contributed by atoms with Crippen LogP contribution in [0, 0.1) is 5.82 Å². The average molecular weight is 499 g/mol. The third-order valence-electron chi connectivity index (χ3n) is 5.11. The van der Waals surface area contributed by atoms with Gasteiger partial charge in [-0.05, 0) is 23.3 Å². The van der Waals surface area contributed by atoms with E-state index in [1.54, 1.807) is 11.6 Å². The third kappa shape index (κ3) is 7.97. The molecule has 0 unspecified atom stereocenters. The zero-order chi connectivity index (χ0) is 25.0. The number of aromatic nitrogens is 1. The second-order valence-corrected chi connectivity index (χ2v) is 8.53. The lowest BCUT2D eigenvalue weighted by Crippen LogP contribution is -2.44. The molecular formula is C25H27FN4O4S. The monoisotopic (exact) mass is 498 g/mol. The molecule has 0 fully saturated rings. The number of nitrogens with one attached hydrogen (secondary N) is 2. The molecule has 10 heteroatoms. The van der Waals surface area contributed by atoms with Gasteiger partial charge in [-0.2, -0.15) is 0 Å². The number of nitrogens with zero attached hydrogens (tertiary/aromatic N) is 2. The molecular weight excluding hydrogens is 471 g/mol. The number of carbonyl (C=O) groups excluding carboxylic acids is 3. The van der Waals surface area contributed by atoms with Gasteiger partial charge in [0.2, 0.25) is 17.7 Å². The minimum absolute atomic E-state index is 0.0782. The van der Waals surface area contributed by atoms with Crippen molar-refractivity contribution in [3.8, 4) is 0 Å². The Morgan fingerprint density at radius 3 is 2.49 bits per heavy atom. The number of rotatable bonds is 12. The molecule has 8 nitrogen and oxygen atoms in total. The summed E-state index contributed by atoms with van der Waals surface area (Å²) in [5, 5.41) is 7.61. The van der Waals surface area contributed by atoms with Crippen LogP contribution < -0.4 is 10.6 Å². The van der Waals surface area contributed by atoms with Gasteiger partial charge in [0.05, 0.1) is 6.61 Å². The van der Waals surface area contributed by atoms with Crippen molar-refractivity contribution >= 4 is 34.2 Å². The second-order valence-electron chi connectivity index (χ2n) is 7.63. The van der Waals surface area contributed by atoms with Crippen molar-refractivity contribution in [3.05, 3.63) is 83.1 Å². The minimum Gasteiger partial charge on any atom is -0.383 e. The molecule has 3 rings (SSSR count). The molecule has 184 valence electrons. The standard InChI is InChI=1S/C25H27FN4O4S/c1-34-15-13-27-24(33)23(19-7-9-20(26)10-8-19)30(17-18-5-3-2-4-6-18)22(32)12-11-21(31)29-25-28-14-16-35-25/h2-10,14,16,23H,11-13,15,17H2,1H3,(H,27,33)(H,28,29,31)/t23-/m0/s1. The summed E-state index contributed by atoms with van der Waals surface area (Å²) in [4.78, 5) is 44.4. The van der Waals surface area contributed by atoms with Crippen LogP contribution in [0.15, 0.2) is 66.2 Å². The van der Waals surface area contributed by atoms with Crippen molar-refractivity contribution < 1.29 is 23.5 Å². The number of anilines is 1. The van der Waals surface area contributed by atoms with Gasteiger partial charge >= 0.3 is 0 Å². The van der Waals surface area contributed by atoms with Crippen LogP contribution in [0.25, 0.3) is 0 Å². The zero-order valence-corrected chi connectivity index (χ0v) is 20.1.